The van der Waals surface area contributed by atoms with Crippen LogP contribution in [0.25, 0.3) is 0 Å². The number of hydrogen-bond donors (Lipinski definition) is 0. The van der Waals surface area contributed by atoms with Crippen molar-refractivity contribution in [2.45, 2.75) is 13.3 Å². The van der Waals surface area contributed by atoms with Crippen LogP contribution in [0.2, 0.25) is 0 Å². The molecule has 0 saturated carbocycles. The molecule has 0 atom stereocenters. The van der Waals surface area contributed by atoms with Crippen LogP contribution in [0.5, 0.6) is 0 Å². The molecule has 0 saturated heterocycles. The smallest absolute Gasteiger partial charge is 0.340 e. The second-order valence-corrected chi connectivity index (χ2v) is 3.87. The number of ether oxygens (including phenoxy) is 2. The van der Waals surface area contributed by atoms with Gasteiger partial charge in [-0.1, -0.05) is 6.92 Å². The maximum absolute atomic E-state index is 11.7. The van der Waals surface area contributed by atoms with Gasteiger partial charge in [0.2, 0.25) is 0 Å². The molecule has 0 rings (SSSR count). The molecule has 0 unspecified atom stereocenters. The third-order valence-electron chi connectivity index (χ3n) is 2.14. The molecule has 0 N–H and O–H groups in total. The third kappa shape index (κ3) is 5.37. The number of methoxy groups -OCH3 is 2. The average molecular weight is 269 g/mol. The van der Waals surface area contributed by atoms with Crippen LogP contribution in [0.4, 0.5) is 0 Å². The van der Waals surface area contributed by atoms with Crippen molar-refractivity contribution in [2.24, 2.45) is 0 Å². The van der Waals surface area contributed by atoms with E-state index in [9.17, 15) is 14.4 Å². The van der Waals surface area contributed by atoms with E-state index in [2.05, 4.69) is 9.47 Å². The van der Waals surface area contributed by atoms with E-state index in [1.807, 2.05) is 0 Å². The first-order chi connectivity index (χ1) is 8.87. The van der Waals surface area contributed by atoms with E-state index in [0.29, 0.717) is 0 Å². The lowest BCUT2D eigenvalue weighted by molar-refractivity contribution is -0.139. The van der Waals surface area contributed by atoms with Crippen LogP contribution in [-0.4, -0.2) is 50.9 Å². The Bertz CT molecular complexity index is 421. The lowest BCUT2D eigenvalue weighted by Crippen LogP contribution is -2.19. The highest BCUT2D eigenvalue weighted by Crippen LogP contribution is 2.15. The highest BCUT2D eigenvalue weighted by Gasteiger charge is 2.23. The Balaban J connectivity index is 5.77. The van der Waals surface area contributed by atoms with Crippen molar-refractivity contribution >= 4 is 17.7 Å². The SMILES string of the molecule is CCC(=O)/C=C(C(=O)OC)\C(=C/N(C)C)C(=O)OC. The van der Waals surface area contributed by atoms with Crippen molar-refractivity contribution in [2.75, 3.05) is 28.3 Å². The second-order valence-electron chi connectivity index (χ2n) is 3.87. The minimum Gasteiger partial charge on any atom is -0.465 e. The number of carbonyl (C=O) groups is 3. The van der Waals surface area contributed by atoms with Crippen molar-refractivity contribution < 1.29 is 23.9 Å². The van der Waals surface area contributed by atoms with Crippen LogP contribution < -0.4 is 0 Å². The maximum atomic E-state index is 11.7. The Labute approximate surface area is 112 Å². The Morgan fingerprint density at radius 2 is 1.47 bits per heavy atom. The molecule has 19 heavy (non-hydrogen) atoms. The third-order valence-corrected chi connectivity index (χ3v) is 2.14. The molecular formula is C13H19NO5. The van der Waals surface area contributed by atoms with Crippen LogP contribution in [0.15, 0.2) is 23.4 Å². The Kier molecular flexibility index (Phi) is 7.18. The van der Waals surface area contributed by atoms with Crippen molar-refractivity contribution in [3.05, 3.63) is 23.4 Å². The minimum absolute atomic E-state index is 0.0267. The predicted molar refractivity (Wildman–Crippen MR) is 69.2 cm³/mol. The van der Waals surface area contributed by atoms with Gasteiger partial charge in [-0.2, -0.15) is 0 Å². The van der Waals surface area contributed by atoms with Gasteiger partial charge in [0.1, 0.15) is 0 Å². The maximum Gasteiger partial charge on any atom is 0.340 e. The zero-order chi connectivity index (χ0) is 15.0. The molecule has 0 aliphatic carbocycles. The van der Waals surface area contributed by atoms with Crippen LogP contribution in [-0.2, 0) is 23.9 Å². The highest BCUT2D eigenvalue weighted by molar-refractivity contribution is 6.10. The standard InChI is InChI=1S/C13H19NO5/c1-6-9(15)7-10(12(16)18-4)11(8-14(2)3)13(17)19-5/h7-8H,6H2,1-5H3/b10-7+,11-8+. The van der Waals surface area contributed by atoms with Gasteiger partial charge in [-0.15, -0.1) is 0 Å². The number of ketones is 1. The summed E-state index contributed by atoms with van der Waals surface area (Å²) < 4.78 is 9.20. The van der Waals surface area contributed by atoms with Gasteiger partial charge in [0.25, 0.3) is 0 Å². The number of rotatable bonds is 6. The normalized spacial score (nSPS) is 11.8. The molecule has 6 nitrogen and oxygen atoms in total. The van der Waals surface area contributed by atoms with Gasteiger partial charge in [-0.05, 0) is 6.08 Å². The van der Waals surface area contributed by atoms with Crippen molar-refractivity contribution in [3.63, 3.8) is 0 Å². The summed E-state index contributed by atoms with van der Waals surface area (Å²) in [5.74, 6) is -1.76. The van der Waals surface area contributed by atoms with E-state index < -0.39 is 11.9 Å². The predicted octanol–water partition coefficient (Wildman–Crippen LogP) is 0.683. The molecule has 0 fully saturated rings. The summed E-state index contributed by atoms with van der Waals surface area (Å²) in [4.78, 5) is 36.4. The molecule has 0 amide bonds. The molecule has 0 spiro atoms. The summed E-state index contributed by atoms with van der Waals surface area (Å²) in [6.07, 6.45) is 2.71. The molecule has 0 aromatic carbocycles. The van der Waals surface area contributed by atoms with E-state index in [1.54, 1.807) is 25.9 Å². The number of allylic oxidation sites excluding steroid dienone is 1. The van der Waals surface area contributed by atoms with E-state index >= 15 is 0 Å². The zero-order valence-electron chi connectivity index (χ0n) is 11.9. The fourth-order valence-corrected chi connectivity index (χ4v) is 1.22. The number of esters is 2. The second kappa shape index (κ2) is 8.07. The Morgan fingerprint density at radius 3 is 1.84 bits per heavy atom. The summed E-state index contributed by atoms with van der Waals surface area (Å²) in [6, 6.07) is 0. The summed E-state index contributed by atoms with van der Waals surface area (Å²) in [5, 5.41) is 0. The van der Waals surface area contributed by atoms with Crippen LogP contribution >= 0.6 is 0 Å². The highest BCUT2D eigenvalue weighted by atomic mass is 16.5. The van der Waals surface area contributed by atoms with E-state index in [0.717, 1.165) is 6.08 Å². The monoisotopic (exact) mass is 269 g/mol. The molecule has 0 heterocycles. The molecule has 106 valence electrons. The van der Waals surface area contributed by atoms with Gasteiger partial charge in [-0.25, -0.2) is 9.59 Å². The van der Waals surface area contributed by atoms with E-state index in [-0.39, 0.29) is 23.4 Å². The van der Waals surface area contributed by atoms with Gasteiger partial charge in [-0.3, -0.25) is 4.79 Å². The van der Waals surface area contributed by atoms with Crippen LogP contribution in [0, 0.1) is 0 Å². The first-order valence-corrected chi connectivity index (χ1v) is 5.67. The fraction of sp³-hybridized carbons (Fsp3) is 0.462. The van der Waals surface area contributed by atoms with Gasteiger partial charge in [0.05, 0.1) is 25.4 Å². The quantitative estimate of drug-likeness (QED) is 0.401. The first kappa shape index (κ1) is 16.9. The summed E-state index contributed by atoms with van der Waals surface area (Å²) in [7, 11) is 5.73. The topological polar surface area (TPSA) is 72.9 Å². The van der Waals surface area contributed by atoms with Crippen molar-refractivity contribution in [1.29, 1.82) is 0 Å². The number of carbonyl (C=O) groups excluding carboxylic acids is 3. The molecule has 6 heteroatoms. The number of hydrogen-bond acceptors (Lipinski definition) is 6. The van der Waals surface area contributed by atoms with Gasteiger partial charge in [0, 0.05) is 26.7 Å². The molecule has 0 aliphatic rings. The number of nitrogens with zero attached hydrogens (tertiary/aromatic N) is 1. The van der Waals surface area contributed by atoms with Crippen LogP contribution in [0.1, 0.15) is 13.3 Å². The fourth-order valence-electron chi connectivity index (χ4n) is 1.22. The van der Waals surface area contributed by atoms with Gasteiger partial charge >= 0.3 is 11.9 Å². The molecular weight excluding hydrogens is 250 g/mol. The lowest BCUT2D eigenvalue weighted by Gasteiger charge is -2.12. The first-order valence-electron chi connectivity index (χ1n) is 5.67. The Hall–Kier alpha value is -2.11. The Morgan fingerprint density at radius 1 is 1.00 bits per heavy atom. The molecule has 0 aliphatic heterocycles. The summed E-state index contributed by atoms with van der Waals surface area (Å²) >= 11 is 0. The summed E-state index contributed by atoms with van der Waals surface area (Å²) in [6.45, 7) is 1.65. The minimum atomic E-state index is -0.764. The van der Waals surface area contributed by atoms with Crippen molar-refractivity contribution in [3.8, 4) is 0 Å². The molecule has 0 aromatic rings. The van der Waals surface area contributed by atoms with Gasteiger partial charge < -0.3 is 14.4 Å². The molecule has 0 bridgehead atoms. The van der Waals surface area contributed by atoms with Gasteiger partial charge in [0.15, 0.2) is 5.78 Å². The van der Waals surface area contributed by atoms with E-state index in [4.69, 9.17) is 0 Å². The summed E-state index contributed by atoms with van der Waals surface area (Å²) in [5.41, 5.74) is -0.143. The largest absolute Gasteiger partial charge is 0.465 e. The zero-order valence-corrected chi connectivity index (χ0v) is 11.9. The van der Waals surface area contributed by atoms with Crippen LogP contribution in [0.3, 0.4) is 0 Å². The average Bonchev–Trinajstić information content (AvgIpc) is 2.40. The van der Waals surface area contributed by atoms with E-state index in [1.165, 1.54) is 20.4 Å². The van der Waals surface area contributed by atoms with Crippen molar-refractivity contribution in [1.82, 2.24) is 4.90 Å². The lowest BCUT2D eigenvalue weighted by atomic mass is 10.0. The molecule has 0 aromatic heterocycles. The molecule has 0 radical (unpaired) electrons.